The first-order chi connectivity index (χ1) is 5.74. The topological polar surface area (TPSA) is 57.8 Å². The normalized spacial score (nSPS) is 12.5. The Morgan fingerprint density at radius 2 is 2.67 bits per heavy atom. The summed E-state index contributed by atoms with van der Waals surface area (Å²) in [6.07, 6.45) is 1.57. The maximum absolute atomic E-state index is 11.2. The number of carbonyl (C=O) groups excluding carboxylic acids is 1. The summed E-state index contributed by atoms with van der Waals surface area (Å²) in [4.78, 5) is 11.2. The predicted octanol–water partition coefficient (Wildman–Crippen LogP) is 1.22. The molecule has 0 spiro atoms. The second-order valence-corrected chi connectivity index (χ2v) is 2.82. The molecule has 0 radical (unpaired) electrons. The van der Waals surface area contributed by atoms with Gasteiger partial charge in [-0.1, -0.05) is 6.92 Å². The van der Waals surface area contributed by atoms with Crippen molar-refractivity contribution < 1.29 is 4.79 Å². The molecular weight excluding hydrogens is 178 g/mol. The van der Waals surface area contributed by atoms with Crippen LogP contribution in [-0.2, 0) is 4.79 Å². The Hall–Kier alpha value is -1.03. The third-order valence-electron chi connectivity index (χ3n) is 1.44. The van der Waals surface area contributed by atoms with Gasteiger partial charge >= 0.3 is 0 Å². The van der Waals surface area contributed by atoms with Crippen molar-refractivity contribution in [2.45, 2.75) is 6.92 Å². The van der Waals surface area contributed by atoms with E-state index in [1.807, 2.05) is 0 Å². The van der Waals surface area contributed by atoms with Crippen molar-refractivity contribution in [3.63, 3.8) is 0 Å². The molecule has 0 fully saturated rings. The highest BCUT2D eigenvalue weighted by atomic mass is 35.5. The number of carbonyl (C=O) groups is 1. The highest BCUT2D eigenvalue weighted by molar-refractivity contribution is 6.19. The zero-order valence-electron chi connectivity index (χ0n) is 6.67. The van der Waals surface area contributed by atoms with Gasteiger partial charge in [0.15, 0.2) is 0 Å². The van der Waals surface area contributed by atoms with Gasteiger partial charge in [0.1, 0.15) is 5.82 Å². The van der Waals surface area contributed by atoms with Gasteiger partial charge in [0, 0.05) is 17.9 Å². The summed E-state index contributed by atoms with van der Waals surface area (Å²) in [5, 5.41) is 8.94. The van der Waals surface area contributed by atoms with Crippen molar-refractivity contribution in [3.05, 3.63) is 12.3 Å². The lowest BCUT2D eigenvalue weighted by atomic mass is 10.2. The summed E-state index contributed by atoms with van der Waals surface area (Å²) in [6, 6.07) is 1.68. The van der Waals surface area contributed by atoms with Crippen LogP contribution in [0.5, 0.6) is 0 Å². The van der Waals surface area contributed by atoms with Crippen molar-refractivity contribution in [1.29, 1.82) is 0 Å². The first-order valence-electron chi connectivity index (χ1n) is 3.60. The molecule has 1 heterocycles. The van der Waals surface area contributed by atoms with Crippen LogP contribution in [0, 0.1) is 5.92 Å². The Morgan fingerprint density at radius 1 is 1.92 bits per heavy atom. The van der Waals surface area contributed by atoms with Crippen LogP contribution >= 0.6 is 11.6 Å². The van der Waals surface area contributed by atoms with Crippen LogP contribution in [-0.4, -0.2) is 22.0 Å². The molecule has 0 aliphatic carbocycles. The Kier molecular flexibility index (Phi) is 3.10. The van der Waals surface area contributed by atoms with Gasteiger partial charge in [-0.2, -0.15) is 5.10 Å². The van der Waals surface area contributed by atoms with E-state index in [2.05, 4.69) is 15.5 Å². The number of aromatic amines is 1. The van der Waals surface area contributed by atoms with Gasteiger partial charge in [0.2, 0.25) is 5.91 Å². The number of rotatable bonds is 3. The molecule has 0 aliphatic heterocycles. The van der Waals surface area contributed by atoms with Crippen molar-refractivity contribution >= 4 is 23.3 Å². The smallest absolute Gasteiger partial charge is 0.229 e. The maximum atomic E-state index is 11.2. The number of nitrogens with one attached hydrogen (secondary N) is 2. The molecule has 2 N–H and O–H groups in total. The summed E-state index contributed by atoms with van der Waals surface area (Å²) in [7, 11) is 0. The molecule has 0 saturated heterocycles. The standard InChI is InChI=1S/C7H10ClN3O/c1-5(4-8)7(12)10-6-2-3-9-11-6/h2-3,5H,4H2,1H3,(H2,9,10,11,12). The number of aromatic nitrogens is 2. The molecule has 0 saturated carbocycles. The molecule has 1 rings (SSSR count). The Balaban J connectivity index is 2.47. The van der Waals surface area contributed by atoms with Gasteiger partial charge in [-0.15, -0.1) is 11.6 Å². The highest BCUT2D eigenvalue weighted by Crippen LogP contribution is 2.04. The van der Waals surface area contributed by atoms with Crippen LogP contribution in [0.15, 0.2) is 12.3 Å². The number of hydrogen-bond donors (Lipinski definition) is 2. The lowest BCUT2D eigenvalue weighted by molar-refractivity contribution is -0.118. The zero-order valence-corrected chi connectivity index (χ0v) is 7.43. The summed E-state index contributed by atoms with van der Waals surface area (Å²) in [5.74, 6) is 0.626. The SMILES string of the molecule is CC(CCl)C(=O)Nc1ccn[nH]1. The average molecular weight is 188 g/mol. The van der Waals surface area contributed by atoms with Crippen molar-refractivity contribution in [2.24, 2.45) is 5.92 Å². The van der Waals surface area contributed by atoms with Crippen molar-refractivity contribution in [1.82, 2.24) is 10.2 Å². The maximum Gasteiger partial charge on any atom is 0.229 e. The van der Waals surface area contributed by atoms with Crippen molar-refractivity contribution in [3.8, 4) is 0 Å². The number of hydrogen-bond acceptors (Lipinski definition) is 2. The van der Waals surface area contributed by atoms with E-state index in [0.717, 1.165) is 0 Å². The van der Waals surface area contributed by atoms with Crippen molar-refractivity contribution in [2.75, 3.05) is 11.2 Å². The fourth-order valence-electron chi connectivity index (χ4n) is 0.652. The lowest BCUT2D eigenvalue weighted by Gasteiger charge is -2.06. The molecule has 1 aromatic heterocycles. The Bertz CT molecular complexity index is 247. The minimum atomic E-state index is -0.185. The number of anilines is 1. The summed E-state index contributed by atoms with van der Waals surface area (Å²) in [6.45, 7) is 1.76. The number of alkyl halides is 1. The second-order valence-electron chi connectivity index (χ2n) is 2.51. The molecule has 4 nitrogen and oxygen atoms in total. The minimum Gasteiger partial charge on any atom is -0.311 e. The fraction of sp³-hybridized carbons (Fsp3) is 0.429. The molecule has 0 aromatic carbocycles. The van der Waals surface area contributed by atoms with E-state index in [1.165, 1.54) is 0 Å². The predicted molar refractivity (Wildman–Crippen MR) is 47.1 cm³/mol. The molecule has 1 aromatic rings. The van der Waals surface area contributed by atoms with E-state index in [1.54, 1.807) is 19.2 Å². The monoisotopic (exact) mass is 187 g/mol. The molecule has 1 unspecified atom stereocenters. The quantitative estimate of drug-likeness (QED) is 0.700. The van der Waals surface area contributed by atoms with E-state index in [0.29, 0.717) is 11.7 Å². The molecule has 1 atom stereocenters. The van der Waals surface area contributed by atoms with Crippen LogP contribution in [0.4, 0.5) is 5.82 Å². The second kappa shape index (κ2) is 4.11. The number of amides is 1. The van der Waals surface area contributed by atoms with Gasteiger partial charge in [0.25, 0.3) is 0 Å². The van der Waals surface area contributed by atoms with Crippen LogP contribution in [0.2, 0.25) is 0 Å². The van der Waals surface area contributed by atoms with Gasteiger partial charge in [-0.05, 0) is 0 Å². The molecule has 0 bridgehead atoms. The number of H-pyrrole nitrogens is 1. The third kappa shape index (κ3) is 2.23. The van der Waals surface area contributed by atoms with Crippen LogP contribution in [0.25, 0.3) is 0 Å². The van der Waals surface area contributed by atoms with Crippen LogP contribution in [0.3, 0.4) is 0 Å². The Morgan fingerprint density at radius 3 is 3.17 bits per heavy atom. The van der Waals surface area contributed by atoms with Crippen LogP contribution < -0.4 is 5.32 Å². The van der Waals surface area contributed by atoms with E-state index < -0.39 is 0 Å². The first kappa shape index (κ1) is 9.06. The van der Waals surface area contributed by atoms with Gasteiger partial charge in [-0.25, -0.2) is 0 Å². The van der Waals surface area contributed by atoms with E-state index in [4.69, 9.17) is 11.6 Å². The minimum absolute atomic E-state index is 0.103. The van der Waals surface area contributed by atoms with Gasteiger partial charge in [0.05, 0.1) is 6.20 Å². The molecule has 0 aliphatic rings. The van der Waals surface area contributed by atoms with E-state index >= 15 is 0 Å². The van der Waals surface area contributed by atoms with Crippen LogP contribution in [0.1, 0.15) is 6.92 Å². The molecule has 12 heavy (non-hydrogen) atoms. The van der Waals surface area contributed by atoms with Gasteiger partial charge < -0.3 is 5.32 Å². The van der Waals surface area contributed by atoms with E-state index in [-0.39, 0.29) is 11.8 Å². The lowest BCUT2D eigenvalue weighted by Crippen LogP contribution is -2.21. The Labute approximate surface area is 75.3 Å². The average Bonchev–Trinajstić information content (AvgIpc) is 2.55. The highest BCUT2D eigenvalue weighted by Gasteiger charge is 2.11. The van der Waals surface area contributed by atoms with E-state index in [9.17, 15) is 4.79 Å². The summed E-state index contributed by atoms with van der Waals surface area (Å²) in [5.41, 5.74) is 0. The van der Waals surface area contributed by atoms with Gasteiger partial charge in [-0.3, -0.25) is 9.89 Å². The summed E-state index contributed by atoms with van der Waals surface area (Å²) < 4.78 is 0. The zero-order chi connectivity index (χ0) is 8.97. The third-order valence-corrected chi connectivity index (χ3v) is 1.90. The summed E-state index contributed by atoms with van der Waals surface area (Å²) >= 11 is 5.50. The largest absolute Gasteiger partial charge is 0.311 e. The first-order valence-corrected chi connectivity index (χ1v) is 4.13. The molecular formula is C7H10ClN3O. The molecule has 1 amide bonds. The number of nitrogens with zero attached hydrogens (tertiary/aromatic N) is 1. The molecule has 5 heteroatoms. The fourth-order valence-corrected chi connectivity index (χ4v) is 0.792. The molecule has 66 valence electrons. The number of halogens is 1.